The highest BCUT2D eigenvalue weighted by atomic mass is 32.1. The molecule has 194 valence electrons. The van der Waals surface area contributed by atoms with Crippen LogP contribution in [0.4, 0.5) is 5.13 Å². The number of methoxy groups -OCH3 is 1. The Morgan fingerprint density at radius 2 is 1.84 bits per heavy atom. The summed E-state index contributed by atoms with van der Waals surface area (Å²) in [4.78, 5) is 28.0. The number of aliphatic hydroxyl groups excluding tert-OH is 1. The highest BCUT2D eigenvalue weighted by Crippen LogP contribution is 2.45. The smallest absolute Gasteiger partial charge is 0.301 e. The van der Waals surface area contributed by atoms with Gasteiger partial charge in [0.25, 0.3) is 5.78 Å². The van der Waals surface area contributed by atoms with E-state index in [1.165, 1.54) is 16.2 Å². The van der Waals surface area contributed by atoms with Crippen molar-refractivity contribution < 1.29 is 24.2 Å². The highest BCUT2D eigenvalue weighted by Gasteiger charge is 2.48. The number of ketones is 1. The number of ether oxygens (including phenoxy) is 2. The normalized spacial score (nSPS) is 16.9. The van der Waals surface area contributed by atoms with Crippen molar-refractivity contribution in [2.24, 2.45) is 0 Å². The first-order valence-electron chi connectivity index (χ1n) is 12.3. The molecule has 0 spiro atoms. The quantitative estimate of drug-likeness (QED) is 0.168. The minimum absolute atomic E-state index is 0.00906. The van der Waals surface area contributed by atoms with E-state index in [-0.39, 0.29) is 16.5 Å². The number of Topliss-reactive ketones (excluding diaryl/α,β-unsaturated/α-hetero) is 1. The zero-order valence-electron chi connectivity index (χ0n) is 21.7. The van der Waals surface area contributed by atoms with Crippen molar-refractivity contribution in [2.75, 3.05) is 18.6 Å². The topological polar surface area (TPSA) is 102 Å². The Balaban J connectivity index is 1.87. The summed E-state index contributed by atoms with van der Waals surface area (Å²) >= 11 is 1.20. The third-order valence-electron chi connectivity index (χ3n) is 6.32. The molecule has 1 amide bonds. The molecule has 0 bridgehead atoms. The number of anilines is 1. The van der Waals surface area contributed by atoms with E-state index in [4.69, 9.17) is 9.47 Å². The molecule has 4 rings (SSSR count). The van der Waals surface area contributed by atoms with E-state index < -0.39 is 17.7 Å². The van der Waals surface area contributed by atoms with Gasteiger partial charge in [-0.05, 0) is 56.5 Å². The van der Waals surface area contributed by atoms with E-state index in [2.05, 4.69) is 17.1 Å². The van der Waals surface area contributed by atoms with E-state index in [0.29, 0.717) is 34.2 Å². The Kier molecular flexibility index (Phi) is 7.92. The van der Waals surface area contributed by atoms with Crippen LogP contribution in [0.1, 0.15) is 59.5 Å². The number of rotatable bonds is 9. The molecular formula is C28H31N3O5S. The average molecular weight is 522 g/mol. The van der Waals surface area contributed by atoms with Gasteiger partial charge >= 0.3 is 5.91 Å². The monoisotopic (exact) mass is 521 g/mol. The lowest BCUT2D eigenvalue weighted by atomic mass is 9.93. The number of aromatic nitrogens is 2. The van der Waals surface area contributed by atoms with Gasteiger partial charge in [-0.2, -0.15) is 0 Å². The molecule has 1 fully saturated rings. The van der Waals surface area contributed by atoms with Crippen molar-refractivity contribution in [3.63, 3.8) is 0 Å². The van der Waals surface area contributed by atoms with E-state index in [1.54, 1.807) is 38.3 Å². The van der Waals surface area contributed by atoms with Gasteiger partial charge in [0, 0.05) is 5.56 Å². The Hall–Kier alpha value is -3.72. The lowest BCUT2D eigenvalue weighted by molar-refractivity contribution is -0.132. The third kappa shape index (κ3) is 5.22. The second-order valence-electron chi connectivity index (χ2n) is 9.06. The number of unbranched alkanes of at least 4 members (excludes halogenated alkanes) is 2. The third-order valence-corrected chi connectivity index (χ3v) is 7.16. The summed E-state index contributed by atoms with van der Waals surface area (Å²) in [6.07, 6.45) is 3.08. The first kappa shape index (κ1) is 26.3. The molecule has 0 aliphatic carbocycles. The summed E-state index contributed by atoms with van der Waals surface area (Å²) in [6, 6.07) is 9.97. The minimum atomic E-state index is -0.921. The van der Waals surface area contributed by atoms with Crippen molar-refractivity contribution in [1.82, 2.24) is 10.2 Å². The summed E-state index contributed by atoms with van der Waals surface area (Å²) in [5.41, 5.74) is 2.78. The predicted octanol–water partition coefficient (Wildman–Crippen LogP) is 5.67. The number of aliphatic hydroxyl groups is 1. The Morgan fingerprint density at radius 3 is 2.51 bits per heavy atom. The van der Waals surface area contributed by atoms with Crippen LogP contribution in [0, 0.1) is 20.8 Å². The van der Waals surface area contributed by atoms with Crippen molar-refractivity contribution in [2.45, 2.75) is 53.0 Å². The molecule has 1 unspecified atom stereocenters. The predicted molar refractivity (Wildman–Crippen MR) is 143 cm³/mol. The van der Waals surface area contributed by atoms with Crippen LogP contribution in [0.2, 0.25) is 0 Å². The summed E-state index contributed by atoms with van der Waals surface area (Å²) in [5, 5.41) is 20.6. The number of nitrogens with zero attached hydrogens (tertiary/aromatic N) is 3. The molecular weight excluding hydrogens is 490 g/mol. The second kappa shape index (κ2) is 11.1. The lowest BCUT2D eigenvalue weighted by Gasteiger charge is -2.23. The van der Waals surface area contributed by atoms with Crippen LogP contribution in [-0.4, -0.2) is 40.7 Å². The average Bonchev–Trinajstić information content (AvgIpc) is 3.43. The number of carbonyl (C=O) groups excluding carboxylic acids is 2. The van der Waals surface area contributed by atoms with Gasteiger partial charge in [0.05, 0.1) is 25.3 Å². The number of hydrogen-bond acceptors (Lipinski definition) is 8. The van der Waals surface area contributed by atoms with Crippen molar-refractivity contribution in [1.29, 1.82) is 0 Å². The van der Waals surface area contributed by atoms with Crippen LogP contribution < -0.4 is 14.4 Å². The van der Waals surface area contributed by atoms with Crippen molar-refractivity contribution in [3.8, 4) is 11.5 Å². The zero-order valence-corrected chi connectivity index (χ0v) is 22.5. The summed E-state index contributed by atoms with van der Waals surface area (Å²) in [6.45, 7) is 8.21. The van der Waals surface area contributed by atoms with Crippen molar-refractivity contribution in [3.05, 3.63) is 69.2 Å². The van der Waals surface area contributed by atoms with E-state index >= 15 is 0 Å². The van der Waals surface area contributed by atoms with E-state index in [0.717, 1.165) is 30.4 Å². The maximum atomic E-state index is 13.4. The molecule has 1 aromatic heterocycles. The molecule has 2 heterocycles. The van der Waals surface area contributed by atoms with Gasteiger partial charge in [0.15, 0.2) is 11.5 Å². The Labute approximate surface area is 220 Å². The van der Waals surface area contributed by atoms with Crippen LogP contribution >= 0.6 is 11.3 Å². The molecule has 0 saturated carbocycles. The second-order valence-corrected chi connectivity index (χ2v) is 10.2. The molecule has 1 saturated heterocycles. The fourth-order valence-electron chi connectivity index (χ4n) is 4.37. The van der Waals surface area contributed by atoms with Crippen LogP contribution in [0.15, 0.2) is 42.0 Å². The van der Waals surface area contributed by atoms with Gasteiger partial charge in [-0.25, -0.2) is 0 Å². The molecule has 9 heteroatoms. The molecule has 0 radical (unpaired) electrons. The highest BCUT2D eigenvalue weighted by molar-refractivity contribution is 7.15. The van der Waals surface area contributed by atoms with Gasteiger partial charge in [-0.3, -0.25) is 14.5 Å². The summed E-state index contributed by atoms with van der Waals surface area (Å²) in [5.74, 6) is -0.741. The van der Waals surface area contributed by atoms with Gasteiger partial charge in [0.1, 0.15) is 10.8 Å². The fraction of sp³-hybridized carbons (Fsp3) is 0.357. The zero-order chi connectivity index (χ0) is 26.7. The number of amides is 1. The SMILES string of the molecule is CCCCCOc1ccc(C2/C(=C(\O)c3cc(C)ccc3C)C(=O)C(=O)N2c2nnc(C)s2)cc1OC. The van der Waals surface area contributed by atoms with E-state index in [9.17, 15) is 14.7 Å². The Bertz CT molecular complexity index is 1360. The number of aryl methyl sites for hydroxylation is 3. The summed E-state index contributed by atoms with van der Waals surface area (Å²) < 4.78 is 11.5. The maximum absolute atomic E-state index is 13.4. The van der Waals surface area contributed by atoms with Crippen LogP contribution in [-0.2, 0) is 9.59 Å². The van der Waals surface area contributed by atoms with Crippen LogP contribution in [0.25, 0.3) is 5.76 Å². The minimum Gasteiger partial charge on any atom is -0.507 e. The fourth-order valence-corrected chi connectivity index (χ4v) is 5.09. The largest absolute Gasteiger partial charge is 0.507 e. The van der Waals surface area contributed by atoms with Gasteiger partial charge in [-0.15, -0.1) is 10.2 Å². The first-order chi connectivity index (χ1) is 17.8. The molecule has 1 N–H and O–H groups in total. The molecule has 3 aromatic rings. The molecule has 1 aliphatic rings. The molecule has 8 nitrogen and oxygen atoms in total. The number of carbonyl (C=O) groups is 2. The van der Waals surface area contributed by atoms with E-state index in [1.807, 2.05) is 26.0 Å². The van der Waals surface area contributed by atoms with Crippen LogP contribution in [0.5, 0.6) is 11.5 Å². The Morgan fingerprint density at radius 1 is 1.05 bits per heavy atom. The standard InChI is InChI=1S/C28H31N3O5S/c1-6-7-8-13-36-21-12-11-19(15-22(21)35-5)24-23(25(32)20-14-16(2)9-10-17(20)3)26(33)27(34)31(24)28-30-29-18(4)37-28/h9-12,14-15,24,32H,6-8,13H2,1-5H3/b25-23+. The van der Waals surface area contributed by atoms with Gasteiger partial charge in [0.2, 0.25) is 5.13 Å². The van der Waals surface area contributed by atoms with Crippen LogP contribution in [0.3, 0.4) is 0 Å². The lowest BCUT2D eigenvalue weighted by Crippen LogP contribution is -2.29. The maximum Gasteiger partial charge on any atom is 0.301 e. The molecule has 37 heavy (non-hydrogen) atoms. The number of hydrogen-bond donors (Lipinski definition) is 1. The summed E-state index contributed by atoms with van der Waals surface area (Å²) in [7, 11) is 1.54. The molecule has 1 aliphatic heterocycles. The van der Waals surface area contributed by atoms with Gasteiger partial charge in [-0.1, -0.05) is 54.9 Å². The first-order valence-corrected chi connectivity index (χ1v) is 13.1. The molecule has 1 atom stereocenters. The molecule has 2 aromatic carbocycles. The van der Waals surface area contributed by atoms with Crippen molar-refractivity contribution >= 4 is 33.9 Å². The van der Waals surface area contributed by atoms with Gasteiger partial charge < -0.3 is 14.6 Å². The number of benzene rings is 2.